The lowest BCUT2D eigenvalue weighted by atomic mass is 9.98. The van der Waals surface area contributed by atoms with Crippen molar-refractivity contribution in [1.82, 2.24) is 5.32 Å². The maximum Gasteiger partial charge on any atom is 0.0643 e. The molecule has 1 N–H and O–H groups in total. The van der Waals surface area contributed by atoms with Crippen LogP contribution >= 0.6 is 0 Å². The van der Waals surface area contributed by atoms with Gasteiger partial charge in [-0.3, -0.25) is 0 Å². The highest BCUT2D eigenvalue weighted by Gasteiger charge is 2.08. The van der Waals surface area contributed by atoms with E-state index in [1.54, 1.807) is 7.11 Å². The van der Waals surface area contributed by atoms with Gasteiger partial charge in [0.1, 0.15) is 0 Å². The van der Waals surface area contributed by atoms with Gasteiger partial charge in [-0.05, 0) is 31.8 Å². The second-order valence-electron chi connectivity index (χ2n) is 2.97. The highest BCUT2D eigenvalue weighted by atomic mass is 16.5. The first-order valence-corrected chi connectivity index (χ1v) is 4.30. The van der Waals surface area contributed by atoms with Crippen LogP contribution in [0.1, 0.15) is 12.8 Å². The molecule has 1 heterocycles. The quantitative estimate of drug-likeness (QED) is 0.618. The zero-order valence-corrected chi connectivity index (χ0v) is 7.18. The van der Waals surface area contributed by atoms with E-state index in [1.165, 1.54) is 25.9 Å². The van der Waals surface area contributed by atoms with Gasteiger partial charge in [-0.1, -0.05) is 12.2 Å². The summed E-state index contributed by atoms with van der Waals surface area (Å²) in [5.41, 5.74) is 0. The minimum Gasteiger partial charge on any atom is -0.381 e. The topological polar surface area (TPSA) is 21.3 Å². The molecule has 0 saturated carbocycles. The SMILES string of the molecule is COC/C=C/C1CCNCC1. The molecular weight excluding hydrogens is 138 g/mol. The standard InChI is InChI=1S/C9H17NO/c1-11-8-2-3-9-4-6-10-7-5-9/h2-3,9-10H,4-8H2,1H3/b3-2+. The summed E-state index contributed by atoms with van der Waals surface area (Å²) < 4.78 is 4.93. The molecule has 0 aromatic rings. The number of hydrogen-bond donors (Lipinski definition) is 1. The van der Waals surface area contributed by atoms with E-state index in [0.717, 1.165) is 12.5 Å². The number of allylic oxidation sites excluding steroid dienone is 1. The molecule has 0 radical (unpaired) electrons. The Kier molecular flexibility index (Phi) is 4.24. The molecule has 1 fully saturated rings. The van der Waals surface area contributed by atoms with Crippen LogP contribution in [0.15, 0.2) is 12.2 Å². The molecule has 11 heavy (non-hydrogen) atoms. The summed E-state index contributed by atoms with van der Waals surface area (Å²) in [6.45, 7) is 3.09. The van der Waals surface area contributed by atoms with Crippen molar-refractivity contribution in [3.8, 4) is 0 Å². The lowest BCUT2D eigenvalue weighted by Gasteiger charge is -2.18. The van der Waals surface area contributed by atoms with Gasteiger partial charge in [0.25, 0.3) is 0 Å². The zero-order valence-electron chi connectivity index (χ0n) is 7.18. The molecule has 0 aromatic heterocycles. The van der Waals surface area contributed by atoms with E-state index in [9.17, 15) is 0 Å². The summed E-state index contributed by atoms with van der Waals surface area (Å²) in [5.74, 6) is 0.784. The maximum absolute atomic E-state index is 4.93. The lowest BCUT2D eigenvalue weighted by Crippen LogP contribution is -2.26. The van der Waals surface area contributed by atoms with Gasteiger partial charge in [-0.25, -0.2) is 0 Å². The third kappa shape index (κ3) is 3.54. The molecule has 1 aliphatic heterocycles. The smallest absolute Gasteiger partial charge is 0.0643 e. The fraction of sp³-hybridized carbons (Fsp3) is 0.778. The van der Waals surface area contributed by atoms with E-state index >= 15 is 0 Å². The third-order valence-electron chi connectivity index (χ3n) is 2.05. The average Bonchev–Trinajstić information content (AvgIpc) is 2.07. The van der Waals surface area contributed by atoms with Crippen molar-refractivity contribution in [2.75, 3.05) is 26.8 Å². The van der Waals surface area contributed by atoms with E-state index < -0.39 is 0 Å². The summed E-state index contributed by atoms with van der Waals surface area (Å²) in [6, 6.07) is 0. The molecule has 0 aliphatic carbocycles. The minimum absolute atomic E-state index is 0.754. The number of ether oxygens (including phenoxy) is 1. The number of rotatable bonds is 3. The molecule has 1 saturated heterocycles. The Bertz CT molecular complexity index is 117. The van der Waals surface area contributed by atoms with Gasteiger partial charge in [-0.2, -0.15) is 0 Å². The summed E-state index contributed by atoms with van der Waals surface area (Å²) in [6.07, 6.45) is 6.96. The normalized spacial score (nSPS) is 21.2. The van der Waals surface area contributed by atoms with Crippen molar-refractivity contribution in [3.05, 3.63) is 12.2 Å². The Morgan fingerprint density at radius 2 is 2.18 bits per heavy atom. The predicted octanol–water partition coefficient (Wildman–Crippen LogP) is 1.19. The van der Waals surface area contributed by atoms with Crippen molar-refractivity contribution in [3.63, 3.8) is 0 Å². The van der Waals surface area contributed by atoms with Gasteiger partial charge in [0.05, 0.1) is 6.61 Å². The van der Waals surface area contributed by atoms with Gasteiger partial charge in [0.15, 0.2) is 0 Å². The Morgan fingerprint density at radius 1 is 1.45 bits per heavy atom. The van der Waals surface area contributed by atoms with Crippen LogP contribution in [-0.4, -0.2) is 26.8 Å². The first-order chi connectivity index (χ1) is 5.43. The Labute approximate surface area is 68.6 Å². The molecule has 64 valence electrons. The third-order valence-corrected chi connectivity index (χ3v) is 2.05. The van der Waals surface area contributed by atoms with Gasteiger partial charge < -0.3 is 10.1 Å². The minimum atomic E-state index is 0.754. The maximum atomic E-state index is 4.93. The predicted molar refractivity (Wildman–Crippen MR) is 46.6 cm³/mol. The lowest BCUT2D eigenvalue weighted by molar-refractivity contribution is 0.233. The van der Waals surface area contributed by atoms with Crippen molar-refractivity contribution >= 4 is 0 Å². The second kappa shape index (κ2) is 5.33. The number of piperidine rings is 1. The van der Waals surface area contributed by atoms with Crippen LogP contribution in [-0.2, 0) is 4.74 Å². The van der Waals surface area contributed by atoms with Crippen molar-refractivity contribution < 1.29 is 4.74 Å². The van der Waals surface area contributed by atoms with E-state index in [-0.39, 0.29) is 0 Å². The van der Waals surface area contributed by atoms with Gasteiger partial charge in [0.2, 0.25) is 0 Å². The van der Waals surface area contributed by atoms with E-state index in [0.29, 0.717) is 0 Å². The molecule has 0 amide bonds. The fourth-order valence-corrected chi connectivity index (χ4v) is 1.38. The molecule has 0 aromatic carbocycles. The summed E-state index contributed by atoms with van der Waals surface area (Å²) in [5, 5.41) is 3.34. The highest BCUT2D eigenvalue weighted by molar-refractivity contribution is 4.90. The van der Waals surface area contributed by atoms with Gasteiger partial charge in [-0.15, -0.1) is 0 Å². The molecule has 1 aliphatic rings. The Balaban J connectivity index is 2.13. The number of nitrogens with one attached hydrogen (secondary N) is 1. The summed E-state index contributed by atoms with van der Waals surface area (Å²) in [7, 11) is 1.73. The van der Waals surface area contributed by atoms with Crippen LogP contribution in [0.2, 0.25) is 0 Å². The molecule has 2 nitrogen and oxygen atoms in total. The molecule has 0 bridgehead atoms. The van der Waals surface area contributed by atoms with Crippen LogP contribution in [0.4, 0.5) is 0 Å². The van der Waals surface area contributed by atoms with Crippen LogP contribution in [0, 0.1) is 5.92 Å². The van der Waals surface area contributed by atoms with Crippen LogP contribution < -0.4 is 5.32 Å². The van der Waals surface area contributed by atoms with Gasteiger partial charge >= 0.3 is 0 Å². The Hall–Kier alpha value is -0.340. The van der Waals surface area contributed by atoms with Crippen LogP contribution in [0.5, 0.6) is 0 Å². The van der Waals surface area contributed by atoms with Crippen molar-refractivity contribution in [2.45, 2.75) is 12.8 Å². The monoisotopic (exact) mass is 155 g/mol. The Morgan fingerprint density at radius 3 is 2.82 bits per heavy atom. The van der Waals surface area contributed by atoms with Gasteiger partial charge in [0, 0.05) is 7.11 Å². The zero-order chi connectivity index (χ0) is 7.94. The second-order valence-corrected chi connectivity index (χ2v) is 2.97. The molecule has 1 rings (SSSR count). The number of methoxy groups -OCH3 is 1. The largest absolute Gasteiger partial charge is 0.381 e. The van der Waals surface area contributed by atoms with Crippen molar-refractivity contribution in [2.24, 2.45) is 5.92 Å². The molecule has 0 spiro atoms. The van der Waals surface area contributed by atoms with E-state index in [4.69, 9.17) is 4.74 Å². The molecular formula is C9H17NO. The molecule has 0 unspecified atom stereocenters. The average molecular weight is 155 g/mol. The number of hydrogen-bond acceptors (Lipinski definition) is 2. The van der Waals surface area contributed by atoms with Crippen molar-refractivity contribution in [1.29, 1.82) is 0 Å². The van der Waals surface area contributed by atoms with E-state index in [1.807, 2.05) is 0 Å². The first kappa shape index (κ1) is 8.75. The highest BCUT2D eigenvalue weighted by Crippen LogP contribution is 2.12. The first-order valence-electron chi connectivity index (χ1n) is 4.30. The fourth-order valence-electron chi connectivity index (χ4n) is 1.38. The van der Waals surface area contributed by atoms with E-state index in [2.05, 4.69) is 17.5 Å². The molecule has 0 atom stereocenters. The van der Waals surface area contributed by atoms with Crippen LogP contribution in [0.3, 0.4) is 0 Å². The summed E-state index contributed by atoms with van der Waals surface area (Å²) in [4.78, 5) is 0. The van der Waals surface area contributed by atoms with Crippen LogP contribution in [0.25, 0.3) is 0 Å². The summed E-state index contributed by atoms with van der Waals surface area (Å²) >= 11 is 0. The molecule has 2 heteroatoms.